The van der Waals surface area contributed by atoms with E-state index in [1.165, 1.54) is 4.90 Å². The Balaban J connectivity index is 0.000000178. The second-order valence-electron chi connectivity index (χ2n) is 12.7. The number of rotatable bonds is 2. The molecule has 2 amide bonds. The maximum absolute atomic E-state index is 12.1. The van der Waals surface area contributed by atoms with Crippen LogP contribution in [0.1, 0.15) is 56.4 Å². The van der Waals surface area contributed by atoms with Gasteiger partial charge in [0, 0.05) is 59.6 Å². The number of benzene rings is 2. The van der Waals surface area contributed by atoms with Crippen LogP contribution in [0.25, 0.3) is 0 Å². The molecule has 2 aromatic heterocycles. The lowest BCUT2D eigenvalue weighted by Gasteiger charge is -2.19. The number of nitrogens with zero attached hydrogens (tertiary/aromatic N) is 4. The van der Waals surface area contributed by atoms with E-state index >= 15 is 0 Å². The van der Waals surface area contributed by atoms with Crippen LogP contribution in [0.2, 0.25) is 0 Å². The van der Waals surface area contributed by atoms with E-state index in [-0.39, 0.29) is 17.2 Å². The lowest BCUT2D eigenvalue weighted by atomic mass is 9.90. The van der Waals surface area contributed by atoms with Gasteiger partial charge in [0.15, 0.2) is 0 Å². The van der Waals surface area contributed by atoms with E-state index in [1.54, 1.807) is 23.4 Å². The summed E-state index contributed by atoms with van der Waals surface area (Å²) >= 11 is 0. The van der Waals surface area contributed by atoms with Gasteiger partial charge in [-0.05, 0) is 53.9 Å². The molecule has 0 bridgehead atoms. The summed E-state index contributed by atoms with van der Waals surface area (Å²) in [6.45, 7) is 9.11. The van der Waals surface area contributed by atoms with E-state index in [0.29, 0.717) is 31.1 Å². The first kappa shape index (κ1) is 31.2. The molecule has 2 saturated heterocycles. The molecule has 226 valence electrons. The fourth-order valence-electron chi connectivity index (χ4n) is 5.10. The lowest BCUT2D eigenvalue weighted by Crippen LogP contribution is -2.31. The summed E-state index contributed by atoms with van der Waals surface area (Å²) < 4.78 is 0. The molecule has 1 atom stereocenters. The van der Waals surface area contributed by atoms with E-state index in [2.05, 4.69) is 47.5 Å². The molecule has 0 aliphatic carbocycles. The van der Waals surface area contributed by atoms with Crippen molar-refractivity contribution < 1.29 is 14.7 Å². The van der Waals surface area contributed by atoms with Crippen LogP contribution in [0, 0.1) is 34.5 Å². The summed E-state index contributed by atoms with van der Waals surface area (Å²) in [6, 6.07) is 26.9. The monoisotopic (exact) mass is 596 g/mol. The highest BCUT2D eigenvalue weighted by molar-refractivity contribution is 5.99. The molecule has 7 nitrogen and oxygen atoms in total. The number of hydrogen-bond acceptors (Lipinski definition) is 5. The van der Waals surface area contributed by atoms with Crippen molar-refractivity contribution in [2.45, 2.75) is 40.2 Å². The summed E-state index contributed by atoms with van der Waals surface area (Å²) in [4.78, 5) is 36.2. The van der Waals surface area contributed by atoms with Crippen LogP contribution in [-0.4, -0.2) is 46.1 Å². The minimum Gasteiger partial charge on any atom is -0.383 e. The highest BCUT2D eigenvalue weighted by Gasteiger charge is 2.46. The van der Waals surface area contributed by atoms with E-state index < -0.39 is 11.5 Å². The van der Waals surface area contributed by atoms with Gasteiger partial charge < -0.3 is 5.11 Å². The number of aliphatic hydroxyl groups excluding tert-OH is 1. The molecule has 0 saturated carbocycles. The Morgan fingerprint density at radius 3 is 1.49 bits per heavy atom. The Hall–Kier alpha value is -5.24. The Morgan fingerprint density at radius 1 is 0.644 bits per heavy atom. The first-order valence-electron chi connectivity index (χ1n) is 14.9. The van der Waals surface area contributed by atoms with Crippen LogP contribution >= 0.6 is 0 Å². The third-order valence-corrected chi connectivity index (χ3v) is 7.62. The van der Waals surface area contributed by atoms with Crippen molar-refractivity contribution in [3.8, 4) is 23.7 Å². The highest BCUT2D eigenvalue weighted by atomic mass is 16.3. The number of pyridine rings is 2. The van der Waals surface area contributed by atoms with Crippen LogP contribution in [0.5, 0.6) is 0 Å². The van der Waals surface area contributed by atoms with Gasteiger partial charge in [-0.25, -0.2) is 9.97 Å². The number of aliphatic hydroxyl groups is 1. The fourth-order valence-corrected chi connectivity index (χ4v) is 5.10. The molecule has 0 radical (unpaired) electrons. The SMILES string of the molecule is CC1(C)CC(=O)N(c2ccc(C#Cc3ccccc3)cn2)C1.CC1(C)CN(c2ccc(C#Cc3ccccc3)cn2)C(=O)C1O. The summed E-state index contributed by atoms with van der Waals surface area (Å²) in [5.74, 6) is 13.4. The standard InChI is InChI=1S/C19H18N2O2.C19H18N2O/c1-19(2)13-21(18(23)17(19)22)16-11-10-15(12-20-16)9-8-14-6-4-3-5-7-14;1-19(2)12-18(22)21(14-19)17-11-10-16(13-20-17)9-8-15-6-4-3-5-7-15/h3-7,10-12,17,22H,13H2,1-2H3;3-7,10-11,13H,12,14H2,1-2H3. The summed E-state index contributed by atoms with van der Waals surface area (Å²) in [5, 5.41) is 9.98. The normalized spacial score (nSPS) is 17.8. The molecule has 4 aromatic rings. The molecule has 2 fully saturated rings. The molecule has 6 rings (SSSR count). The van der Waals surface area contributed by atoms with Gasteiger partial charge >= 0.3 is 0 Å². The average Bonchev–Trinajstić information content (AvgIpc) is 3.45. The first-order chi connectivity index (χ1) is 21.5. The predicted molar refractivity (Wildman–Crippen MR) is 176 cm³/mol. The van der Waals surface area contributed by atoms with Crippen molar-refractivity contribution in [3.05, 3.63) is 120 Å². The Bertz CT molecular complexity index is 1780. The minimum absolute atomic E-state index is 0.0184. The maximum Gasteiger partial charge on any atom is 0.257 e. The van der Waals surface area contributed by atoms with Crippen LogP contribution in [0.15, 0.2) is 97.3 Å². The van der Waals surface area contributed by atoms with Gasteiger partial charge in [0.2, 0.25) is 5.91 Å². The number of carbonyl (C=O) groups is 2. The number of hydrogen-bond donors (Lipinski definition) is 1. The predicted octanol–water partition coefficient (Wildman–Crippen LogP) is 5.46. The molecule has 7 heteroatoms. The van der Waals surface area contributed by atoms with Crippen LogP contribution in [0.3, 0.4) is 0 Å². The zero-order valence-corrected chi connectivity index (χ0v) is 26.0. The largest absolute Gasteiger partial charge is 0.383 e. The second kappa shape index (κ2) is 13.2. The Labute approximate surface area is 265 Å². The van der Waals surface area contributed by atoms with Gasteiger partial charge in [-0.3, -0.25) is 19.4 Å². The second-order valence-corrected chi connectivity index (χ2v) is 12.7. The van der Waals surface area contributed by atoms with Crippen LogP contribution < -0.4 is 9.80 Å². The molecule has 45 heavy (non-hydrogen) atoms. The first-order valence-corrected chi connectivity index (χ1v) is 14.9. The van der Waals surface area contributed by atoms with Crippen LogP contribution in [0.4, 0.5) is 11.6 Å². The van der Waals surface area contributed by atoms with Crippen molar-refractivity contribution in [2.75, 3.05) is 22.9 Å². The highest BCUT2D eigenvalue weighted by Crippen LogP contribution is 2.34. The lowest BCUT2D eigenvalue weighted by molar-refractivity contribution is -0.126. The Morgan fingerprint density at radius 2 is 1.11 bits per heavy atom. The van der Waals surface area contributed by atoms with Crippen molar-refractivity contribution >= 4 is 23.5 Å². The number of carbonyl (C=O) groups excluding carboxylic acids is 2. The van der Waals surface area contributed by atoms with Crippen molar-refractivity contribution in [3.63, 3.8) is 0 Å². The van der Waals surface area contributed by atoms with E-state index in [9.17, 15) is 14.7 Å². The average molecular weight is 597 g/mol. The molecule has 2 aromatic carbocycles. The van der Waals surface area contributed by atoms with Crippen molar-refractivity contribution in [1.29, 1.82) is 0 Å². The Kier molecular flexibility index (Phi) is 9.13. The fraction of sp³-hybridized carbons (Fsp3) is 0.263. The summed E-state index contributed by atoms with van der Waals surface area (Å²) in [6.07, 6.45) is 2.96. The van der Waals surface area contributed by atoms with Crippen LogP contribution in [-0.2, 0) is 9.59 Å². The molecule has 4 heterocycles. The molecule has 1 unspecified atom stereocenters. The number of amides is 2. The van der Waals surface area contributed by atoms with Gasteiger partial charge in [-0.15, -0.1) is 0 Å². The molecular formula is C38H36N4O3. The molecule has 2 aliphatic heterocycles. The summed E-state index contributed by atoms with van der Waals surface area (Å²) in [7, 11) is 0. The zero-order chi connectivity index (χ0) is 32.0. The molecule has 2 aliphatic rings. The van der Waals surface area contributed by atoms with Crippen molar-refractivity contribution in [2.24, 2.45) is 10.8 Å². The van der Waals surface area contributed by atoms with Gasteiger partial charge in [0.05, 0.1) is 0 Å². The van der Waals surface area contributed by atoms with Gasteiger partial charge in [-0.1, -0.05) is 87.8 Å². The zero-order valence-electron chi connectivity index (χ0n) is 26.0. The quantitative estimate of drug-likeness (QED) is 0.311. The smallest absolute Gasteiger partial charge is 0.257 e. The van der Waals surface area contributed by atoms with Gasteiger partial charge in [-0.2, -0.15) is 0 Å². The van der Waals surface area contributed by atoms with E-state index in [4.69, 9.17) is 0 Å². The maximum atomic E-state index is 12.1. The van der Waals surface area contributed by atoms with E-state index in [1.807, 2.05) is 92.7 Å². The number of anilines is 2. The molecule has 1 N–H and O–H groups in total. The molecule has 0 spiro atoms. The third-order valence-electron chi connectivity index (χ3n) is 7.62. The van der Waals surface area contributed by atoms with Crippen molar-refractivity contribution in [1.82, 2.24) is 9.97 Å². The molecular weight excluding hydrogens is 560 g/mol. The van der Waals surface area contributed by atoms with E-state index in [0.717, 1.165) is 22.3 Å². The minimum atomic E-state index is -0.984. The van der Waals surface area contributed by atoms with Gasteiger partial charge in [0.25, 0.3) is 5.91 Å². The van der Waals surface area contributed by atoms with Gasteiger partial charge in [0.1, 0.15) is 17.7 Å². The number of aromatic nitrogens is 2. The topological polar surface area (TPSA) is 86.6 Å². The third kappa shape index (κ3) is 7.84. The summed E-state index contributed by atoms with van der Waals surface area (Å²) in [5.41, 5.74) is 3.09.